The second kappa shape index (κ2) is 7.53. The van der Waals surface area contributed by atoms with Gasteiger partial charge in [0.05, 0.1) is 0 Å². The highest BCUT2D eigenvalue weighted by molar-refractivity contribution is 7.99. The molecule has 0 aromatic carbocycles. The summed E-state index contributed by atoms with van der Waals surface area (Å²) in [6.07, 6.45) is 1.08. The highest BCUT2D eigenvalue weighted by Gasteiger charge is 1.96. The lowest BCUT2D eigenvalue weighted by Crippen LogP contribution is -2.14. The van der Waals surface area contributed by atoms with Crippen molar-refractivity contribution in [2.24, 2.45) is 21.8 Å². The molecule has 0 heterocycles. The fraction of sp³-hybridized carbons (Fsp3) is 0.667. The monoisotopic (exact) mass is 206 g/mol. The number of nitrogens with two attached hydrogens (primary N) is 2. The molecule has 13 heavy (non-hydrogen) atoms. The van der Waals surface area contributed by atoms with E-state index in [-0.39, 0.29) is 11.7 Å². The van der Waals surface area contributed by atoms with Crippen LogP contribution in [0.15, 0.2) is 10.3 Å². The molecule has 0 rings (SSSR count). The molecule has 0 unspecified atom stereocenters. The Labute approximate surface area is 80.7 Å². The minimum absolute atomic E-state index is 0.219. The van der Waals surface area contributed by atoms with E-state index in [1.807, 2.05) is 0 Å². The Morgan fingerprint density at radius 2 is 1.38 bits per heavy atom. The van der Waals surface area contributed by atoms with Gasteiger partial charge in [-0.05, 0) is 0 Å². The molecule has 0 aromatic rings. The lowest BCUT2D eigenvalue weighted by molar-refractivity contribution is 0.317. The average molecular weight is 206 g/mol. The third kappa shape index (κ3) is 7.26. The maximum atomic E-state index is 8.20. The lowest BCUT2D eigenvalue weighted by Gasteiger charge is -1.99. The quantitative estimate of drug-likeness (QED) is 0.160. The highest BCUT2D eigenvalue weighted by atomic mass is 32.2. The molecular formula is C6H14N4O2S. The van der Waals surface area contributed by atoms with Crippen molar-refractivity contribution in [3.8, 4) is 0 Å². The molecule has 0 saturated heterocycles. The molecule has 0 aliphatic heterocycles. The summed E-state index contributed by atoms with van der Waals surface area (Å²) in [7, 11) is 0. The summed E-state index contributed by atoms with van der Waals surface area (Å²) in [6.45, 7) is 0. The van der Waals surface area contributed by atoms with Crippen LogP contribution in [0.5, 0.6) is 0 Å². The molecule has 0 aliphatic rings. The van der Waals surface area contributed by atoms with E-state index in [0.29, 0.717) is 12.8 Å². The maximum absolute atomic E-state index is 8.20. The van der Waals surface area contributed by atoms with Gasteiger partial charge in [-0.15, -0.1) is 0 Å². The van der Waals surface area contributed by atoms with E-state index in [4.69, 9.17) is 21.9 Å². The van der Waals surface area contributed by atoms with Crippen molar-refractivity contribution in [2.75, 3.05) is 11.5 Å². The second-order valence-corrected chi connectivity index (χ2v) is 3.52. The molecule has 0 spiro atoms. The first-order valence-corrected chi connectivity index (χ1v) is 4.86. The van der Waals surface area contributed by atoms with Gasteiger partial charge in [0.25, 0.3) is 0 Å². The molecule has 7 heteroatoms. The van der Waals surface area contributed by atoms with Gasteiger partial charge >= 0.3 is 0 Å². The summed E-state index contributed by atoms with van der Waals surface area (Å²) in [5, 5.41) is 22.1. The second-order valence-electron chi connectivity index (χ2n) is 2.30. The Bertz CT molecular complexity index is 175. The van der Waals surface area contributed by atoms with Crippen LogP contribution in [0.3, 0.4) is 0 Å². The fourth-order valence-corrected chi connectivity index (χ4v) is 1.47. The van der Waals surface area contributed by atoms with Gasteiger partial charge in [0.1, 0.15) is 11.7 Å². The molecule has 0 bridgehead atoms. The zero-order chi connectivity index (χ0) is 10.1. The molecule has 0 aromatic heterocycles. The minimum Gasteiger partial charge on any atom is -0.409 e. The zero-order valence-electron chi connectivity index (χ0n) is 7.18. The molecule has 0 aliphatic carbocycles. The van der Waals surface area contributed by atoms with Gasteiger partial charge in [-0.3, -0.25) is 0 Å². The first-order chi connectivity index (χ1) is 6.20. The Hall–Kier alpha value is -1.11. The summed E-state index contributed by atoms with van der Waals surface area (Å²) >= 11 is 1.60. The van der Waals surface area contributed by atoms with Crippen LogP contribution >= 0.6 is 11.8 Å². The van der Waals surface area contributed by atoms with E-state index in [1.54, 1.807) is 11.8 Å². The normalized spacial score (nSPS) is 13.2. The Balaban J connectivity index is 3.27. The first-order valence-electron chi connectivity index (χ1n) is 3.71. The van der Waals surface area contributed by atoms with Crippen molar-refractivity contribution in [3.05, 3.63) is 0 Å². The molecule has 6 N–H and O–H groups in total. The highest BCUT2D eigenvalue weighted by Crippen LogP contribution is 2.04. The molecule has 6 nitrogen and oxygen atoms in total. The van der Waals surface area contributed by atoms with Gasteiger partial charge in [0.15, 0.2) is 0 Å². The SMILES string of the molecule is NC(CCSCCC(N)=NO)=NO. The number of hydrogen-bond acceptors (Lipinski definition) is 5. The molecule has 0 fully saturated rings. The van der Waals surface area contributed by atoms with Crippen LogP contribution in [0.4, 0.5) is 0 Å². The van der Waals surface area contributed by atoms with Crippen LogP contribution in [-0.2, 0) is 0 Å². The van der Waals surface area contributed by atoms with E-state index < -0.39 is 0 Å². The third-order valence-electron chi connectivity index (χ3n) is 1.26. The van der Waals surface area contributed by atoms with Crippen LogP contribution in [0.2, 0.25) is 0 Å². The number of amidine groups is 2. The Morgan fingerprint density at radius 1 is 1.00 bits per heavy atom. The van der Waals surface area contributed by atoms with Gasteiger partial charge in [0.2, 0.25) is 0 Å². The summed E-state index contributed by atoms with van der Waals surface area (Å²) in [6, 6.07) is 0. The van der Waals surface area contributed by atoms with Gasteiger partial charge in [-0.25, -0.2) is 0 Å². The molecule has 0 saturated carbocycles. The lowest BCUT2D eigenvalue weighted by atomic mass is 10.4. The summed E-state index contributed by atoms with van der Waals surface area (Å²) < 4.78 is 0. The number of nitrogens with zero attached hydrogens (tertiary/aromatic N) is 2. The maximum Gasteiger partial charge on any atom is 0.139 e. The van der Waals surface area contributed by atoms with Crippen molar-refractivity contribution in [3.63, 3.8) is 0 Å². The predicted molar refractivity (Wildman–Crippen MR) is 53.4 cm³/mol. The predicted octanol–water partition coefficient (Wildman–Crippen LogP) is -0.00740. The van der Waals surface area contributed by atoms with Gasteiger partial charge in [0, 0.05) is 24.3 Å². The van der Waals surface area contributed by atoms with Crippen LogP contribution in [-0.4, -0.2) is 33.6 Å². The van der Waals surface area contributed by atoms with Gasteiger partial charge < -0.3 is 21.9 Å². The molecule has 0 radical (unpaired) electrons. The van der Waals surface area contributed by atoms with E-state index in [9.17, 15) is 0 Å². The van der Waals surface area contributed by atoms with E-state index >= 15 is 0 Å². The zero-order valence-corrected chi connectivity index (χ0v) is 8.00. The van der Waals surface area contributed by atoms with Gasteiger partial charge in [-0.1, -0.05) is 10.3 Å². The number of oxime groups is 2. The van der Waals surface area contributed by atoms with E-state index in [0.717, 1.165) is 11.5 Å². The number of hydrogen-bond donors (Lipinski definition) is 4. The topological polar surface area (TPSA) is 117 Å². The van der Waals surface area contributed by atoms with E-state index in [1.165, 1.54) is 0 Å². The molecule has 0 amide bonds. The van der Waals surface area contributed by atoms with E-state index in [2.05, 4.69) is 10.3 Å². The van der Waals surface area contributed by atoms with Crippen molar-refractivity contribution in [1.29, 1.82) is 0 Å². The number of thioether (sulfide) groups is 1. The summed E-state index contributed by atoms with van der Waals surface area (Å²) in [5.74, 6) is 1.95. The third-order valence-corrected chi connectivity index (χ3v) is 2.25. The Morgan fingerprint density at radius 3 is 1.69 bits per heavy atom. The van der Waals surface area contributed by atoms with Crippen LogP contribution in [0.25, 0.3) is 0 Å². The smallest absolute Gasteiger partial charge is 0.139 e. The fourth-order valence-electron chi connectivity index (χ4n) is 0.556. The first kappa shape index (κ1) is 11.9. The van der Waals surface area contributed by atoms with Crippen LogP contribution in [0.1, 0.15) is 12.8 Å². The average Bonchev–Trinajstić information content (AvgIpc) is 2.16. The Kier molecular flexibility index (Phi) is 6.89. The standard InChI is InChI=1S/C6H14N4O2S/c7-5(9-11)1-3-13-4-2-6(8)10-12/h11-12H,1-4H2,(H2,7,9)(H2,8,10). The summed E-state index contributed by atoms with van der Waals surface area (Å²) in [4.78, 5) is 0. The minimum atomic E-state index is 0.219. The molecule has 76 valence electrons. The van der Waals surface area contributed by atoms with Crippen LogP contribution < -0.4 is 11.5 Å². The molecule has 0 atom stereocenters. The van der Waals surface area contributed by atoms with Crippen molar-refractivity contribution in [2.45, 2.75) is 12.8 Å². The molecular weight excluding hydrogens is 192 g/mol. The van der Waals surface area contributed by atoms with Crippen molar-refractivity contribution in [1.82, 2.24) is 0 Å². The summed E-state index contributed by atoms with van der Waals surface area (Å²) in [5.41, 5.74) is 10.5. The van der Waals surface area contributed by atoms with Crippen molar-refractivity contribution >= 4 is 23.4 Å². The number of rotatable bonds is 6. The largest absolute Gasteiger partial charge is 0.409 e. The van der Waals surface area contributed by atoms with Crippen LogP contribution in [0, 0.1) is 0 Å². The van der Waals surface area contributed by atoms with Crippen molar-refractivity contribution < 1.29 is 10.4 Å². The van der Waals surface area contributed by atoms with Gasteiger partial charge in [-0.2, -0.15) is 11.8 Å².